The number of thiocarbonyl (C=S) groups is 1. The molecule has 0 spiro atoms. The molecule has 0 fully saturated rings. The number of hydrogen-bond donors (Lipinski definition) is 3. The van der Waals surface area contributed by atoms with Gasteiger partial charge >= 0.3 is 0 Å². The average molecular weight is 426 g/mol. The lowest BCUT2D eigenvalue weighted by Gasteiger charge is -2.30. The normalized spacial score (nSPS) is 12.9. The van der Waals surface area contributed by atoms with Crippen LogP contribution in [0.25, 0.3) is 0 Å². The SMILES string of the molecule is CC(C)(C)C(=O)N[C@H](NC(=S)Nc1ccc(C(=O)[O-])cc1)C(Cl)(Cl)Cl. The van der Waals surface area contributed by atoms with Crippen molar-refractivity contribution in [2.24, 2.45) is 5.41 Å². The molecule has 0 saturated heterocycles. The lowest BCUT2D eigenvalue weighted by molar-refractivity contribution is -0.255. The Morgan fingerprint density at radius 3 is 2.00 bits per heavy atom. The van der Waals surface area contributed by atoms with Crippen LogP contribution in [0, 0.1) is 5.41 Å². The number of rotatable bonds is 4. The van der Waals surface area contributed by atoms with E-state index in [1.165, 1.54) is 24.3 Å². The first-order valence-corrected chi connectivity index (χ1v) is 8.61. The quantitative estimate of drug-likeness (QED) is 0.389. The van der Waals surface area contributed by atoms with E-state index in [0.29, 0.717) is 5.69 Å². The summed E-state index contributed by atoms with van der Waals surface area (Å²) in [6, 6.07) is 5.70. The molecule has 0 bridgehead atoms. The number of alkyl halides is 3. The lowest BCUT2D eigenvalue weighted by atomic mass is 9.95. The summed E-state index contributed by atoms with van der Waals surface area (Å²) < 4.78 is -1.86. The lowest BCUT2D eigenvalue weighted by Crippen LogP contribution is -2.58. The predicted molar refractivity (Wildman–Crippen MR) is 102 cm³/mol. The second kappa shape index (κ2) is 8.40. The summed E-state index contributed by atoms with van der Waals surface area (Å²) in [4.78, 5) is 22.8. The van der Waals surface area contributed by atoms with E-state index in [-0.39, 0.29) is 16.6 Å². The zero-order valence-electron chi connectivity index (χ0n) is 13.7. The molecule has 0 radical (unpaired) electrons. The van der Waals surface area contributed by atoms with Crippen molar-refractivity contribution in [1.82, 2.24) is 10.6 Å². The van der Waals surface area contributed by atoms with Crippen LogP contribution >= 0.6 is 47.0 Å². The monoisotopic (exact) mass is 424 g/mol. The Morgan fingerprint density at radius 2 is 1.60 bits per heavy atom. The number of anilines is 1. The van der Waals surface area contributed by atoms with Gasteiger partial charge in [0.25, 0.3) is 0 Å². The molecule has 138 valence electrons. The van der Waals surface area contributed by atoms with Gasteiger partial charge in [0, 0.05) is 11.1 Å². The highest BCUT2D eigenvalue weighted by Gasteiger charge is 2.36. The summed E-state index contributed by atoms with van der Waals surface area (Å²) in [6.45, 7) is 5.15. The van der Waals surface area contributed by atoms with Gasteiger partial charge in [-0.3, -0.25) is 4.79 Å². The molecule has 0 aromatic heterocycles. The van der Waals surface area contributed by atoms with Crippen LogP contribution in [-0.4, -0.2) is 26.9 Å². The van der Waals surface area contributed by atoms with Crippen molar-refractivity contribution in [3.05, 3.63) is 29.8 Å². The molecule has 25 heavy (non-hydrogen) atoms. The fourth-order valence-corrected chi connectivity index (χ4v) is 2.10. The summed E-state index contributed by atoms with van der Waals surface area (Å²) in [7, 11) is 0. The molecular formula is C15H17Cl3N3O3S-. The Bertz CT molecular complexity index is 655. The first kappa shape index (κ1) is 21.8. The highest BCUT2D eigenvalue weighted by atomic mass is 35.6. The van der Waals surface area contributed by atoms with Gasteiger partial charge in [-0.15, -0.1) is 0 Å². The van der Waals surface area contributed by atoms with Gasteiger partial charge in [-0.2, -0.15) is 0 Å². The topological polar surface area (TPSA) is 93.3 Å². The second-order valence-corrected chi connectivity index (χ2v) is 8.94. The molecule has 6 nitrogen and oxygen atoms in total. The molecule has 0 heterocycles. The fourth-order valence-electron chi connectivity index (χ4n) is 1.54. The van der Waals surface area contributed by atoms with Crippen LogP contribution < -0.4 is 21.1 Å². The Morgan fingerprint density at radius 1 is 1.08 bits per heavy atom. The van der Waals surface area contributed by atoms with Crippen molar-refractivity contribution in [3.63, 3.8) is 0 Å². The molecule has 0 aliphatic rings. The first-order valence-electron chi connectivity index (χ1n) is 7.07. The van der Waals surface area contributed by atoms with E-state index < -0.39 is 21.3 Å². The molecule has 1 aromatic rings. The molecule has 1 rings (SSSR count). The van der Waals surface area contributed by atoms with Crippen molar-refractivity contribution >= 4 is 69.7 Å². The molecule has 1 atom stereocenters. The van der Waals surface area contributed by atoms with Crippen molar-refractivity contribution in [3.8, 4) is 0 Å². The van der Waals surface area contributed by atoms with E-state index in [1.807, 2.05) is 0 Å². The number of carboxylic acid groups (broad SMARTS) is 1. The number of amides is 1. The number of carboxylic acids is 1. The van der Waals surface area contributed by atoms with Crippen molar-refractivity contribution in [2.75, 3.05) is 5.32 Å². The van der Waals surface area contributed by atoms with Gasteiger partial charge in [0.1, 0.15) is 6.17 Å². The maximum Gasteiger partial charge on any atom is 0.228 e. The molecule has 1 amide bonds. The first-order chi connectivity index (χ1) is 11.3. The smallest absolute Gasteiger partial charge is 0.228 e. The Labute approximate surface area is 166 Å². The van der Waals surface area contributed by atoms with Crippen LogP contribution in [0.4, 0.5) is 5.69 Å². The molecule has 0 saturated carbocycles. The molecule has 1 aromatic carbocycles. The Kier molecular flexibility index (Phi) is 7.31. The molecule has 10 heteroatoms. The number of carbonyl (C=O) groups excluding carboxylic acids is 2. The summed E-state index contributed by atoms with van der Waals surface area (Å²) in [5.41, 5.74) is -0.153. The third-order valence-electron chi connectivity index (χ3n) is 2.94. The largest absolute Gasteiger partial charge is 0.545 e. The van der Waals surface area contributed by atoms with Crippen LogP contribution in [0.2, 0.25) is 0 Å². The minimum atomic E-state index is -1.86. The second-order valence-electron chi connectivity index (χ2n) is 6.16. The van der Waals surface area contributed by atoms with Gasteiger partial charge in [-0.25, -0.2) is 0 Å². The number of benzene rings is 1. The zero-order valence-corrected chi connectivity index (χ0v) is 16.7. The van der Waals surface area contributed by atoms with Gasteiger partial charge in [0.15, 0.2) is 5.11 Å². The number of aromatic carboxylic acids is 1. The van der Waals surface area contributed by atoms with Gasteiger partial charge in [-0.1, -0.05) is 67.7 Å². The third kappa shape index (κ3) is 7.23. The Balaban J connectivity index is 2.78. The van der Waals surface area contributed by atoms with Crippen LogP contribution in [0.3, 0.4) is 0 Å². The van der Waals surface area contributed by atoms with E-state index in [1.54, 1.807) is 20.8 Å². The standard InChI is InChI=1S/C15H18Cl3N3O3S/c1-14(2,3)12(24)20-11(15(16,17)18)21-13(25)19-9-6-4-8(5-7-9)10(22)23/h4-7,11H,1-3H3,(H,20,24)(H,22,23)(H2,19,21,25)/p-1/t11-/m1/s1. The van der Waals surface area contributed by atoms with Crippen LogP contribution in [0.15, 0.2) is 24.3 Å². The molecule has 0 unspecified atom stereocenters. The summed E-state index contributed by atoms with van der Waals surface area (Å²) >= 11 is 22.8. The van der Waals surface area contributed by atoms with Gasteiger partial charge < -0.3 is 25.9 Å². The summed E-state index contributed by atoms with van der Waals surface area (Å²) in [5, 5.41) is 18.9. The van der Waals surface area contributed by atoms with E-state index in [0.717, 1.165) is 0 Å². The fraction of sp³-hybridized carbons (Fsp3) is 0.400. The molecular weight excluding hydrogens is 409 g/mol. The van der Waals surface area contributed by atoms with Crippen molar-refractivity contribution in [1.29, 1.82) is 0 Å². The van der Waals surface area contributed by atoms with Gasteiger partial charge in [-0.05, 0) is 29.9 Å². The van der Waals surface area contributed by atoms with Crippen LogP contribution in [-0.2, 0) is 4.79 Å². The summed E-state index contributed by atoms with van der Waals surface area (Å²) in [5.74, 6) is -1.62. The van der Waals surface area contributed by atoms with Crippen molar-refractivity contribution in [2.45, 2.75) is 30.7 Å². The van der Waals surface area contributed by atoms with E-state index >= 15 is 0 Å². The summed E-state index contributed by atoms with van der Waals surface area (Å²) in [6.07, 6.45) is -1.08. The van der Waals surface area contributed by atoms with Crippen LogP contribution in [0.5, 0.6) is 0 Å². The van der Waals surface area contributed by atoms with Gasteiger partial charge in [0.2, 0.25) is 9.70 Å². The minimum absolute atomic E-state index is 0.0287. The van der Waals surface area contributed by atoms with E-state index in [9.17, 15) is 14.7 Å². The minimum Gasteiger partial charge on any atom is -0.545 e. The van der Waals surface area contributed by atoms with Gasteiger partial charge in [0.05, 0.1) is 5.97 Å². The van der Waals surface area contributed by atoms with Crippen molar-refractivity contribution < 1.29 is 14.7 Å². The zero-order chi connectivity index (χ0) is 19.4. The van der Waals surface area contributed by atoms with E-state index in [4.69, 9.17) is 47.0 Å². The highest BCUT2D eigenvalue weighted by molar-refractivity contribution is 7.80. The number of carbonyl (C=O) groups is 2. The number of nitrogens with one attached hydrogen (secondary N) is 3. The number of hydrogen-bond acceptors (Lipinski definition) is 4. The molecule has 0 aliphatic heterocycles. The maximum absolute atomic E-state index is 12.1. The van der Waals surface area contributed by atoms with E-state index in [2.05, 4.69) is 16.0 Å². The number of halogens is 3. The Hall–Kier alpha value is -1.28. The highest BCUT2D eigenvalue weighted by Crippen LogP contribution is 2.30. The maximum atomic E-state index is 12.1. The predicted octanol–water partition coefficient (Wildman–Crippen LogP) is 2.20. The van der Waals surface area contributed by atoms with Crippen LogP contribution in [0.1, 0.15) is 31.1 Å². The molecule has 3 N–H and O–H groups in total. The third-order valence-corrected chi connectivity index (χ3v) is 3.81. The average Bonchev–Trinajstić information content (AvgIpc) is 2.44. The molecule has 0 aliphatic carbocycles.